The van der Waals surface area contributed by atoms with E-state index in [0.717, 1.165) is 0 Å². The molecule has 0 aliphatic carbocycles. The van der Waals surface area contributed by atoms with Crippen molar-refractivity contribution in [2.75, 3.05) is 6.61 Å². The van der Waals surface area contributed by atoms with Gasteiger partial charge in [-0.05, 0) is 18.1 Å². The normalized spacial score (nSPS) is 26.1. The summed E-state index contributed by atoms with van der Waals surface area (Å²) >= 11 is 0. The van der Waals surface area contributed by atoms with Gasteiger partial charge in [0, 0.05) is 11.5 Å². The highest BCUT2D eigenvalue weighted by Crippen LogP contribution is 2.37. The maximum absolute atomic E-state index is 10.3. The van der Waals surface area contributed by atoms with Crippen molar-refractivity contribution in [3.8, 4) is 0 Å². The fourth-order valence-corrected chi connectivity index (χ4v) is 2.78. The molecule has 2 N–H and O–H groups in total. The van der Waals surface area contributed by atoms with Gasteiger partial charge in [0.15, 0.2) is 8.32 Å². The lowest BCUT2D eigenvalue weighted by Gasteiger charge is -2.36. The molecule has 1 saturated heterocycles. The number of hydrogen-bond acceptors (Lipinski definition) is 3. The van der Waals surface area contributed by atoms with E-state index in [2.05, 4.69) is 45.8 Å². The zero-order valence-electron chi connectivity index (χ0n) is 13.6. The molecule has 1 heterocycles. The molecule has 0 radical (unpaired) electrons. The van der Waals surface area contributed by atoms with Crippen molar-refractivity contribution >= 4 is 8.32 Å². The van der Waals surface area contributed by atoms with Crippen molar-refractivity contribution in [3.05, 3.63) is 12.7 Å². The topological polar surface area (TPSA) is 51.4 Å². The summed E-state index contributed by atoms with van der Waals surface area (Å²) in [5, 5.41) is 13.9. The van der Waals surface area contributed by atoms with E-state index >= 15 is 0 Å². The smallest absolute Gasteiger partial charge is 0.192 e. The second-order valence-corrected chi connectivity index (χ2v) is 12.6. The monoisotopic (exact) mass is 285 g/mol. The van der Waals surface area contributed by atoms with E-state index in [-0.39, 0.29) is 22.5 Å². The predicted octanol–water partition coefficient (Wildman–Crippen LogP) is 2.92. The second-order valence-electron chi connectivity index (χ2n) is 7.84. The van der Waals surface area contributed by atoms with Crippen LogP contribution in [0.25, 0.3) is 0 Å². The first-order chi connectivity index (χ1) is 8.42. The van der Waals surface area contributed by atoms with Crippen LogP contribution in [0.5, 0.6) is 0 Å². The zero-order chi connectivity index (χ0) is 15.1. The Morgan fingerprint density at radius 2 is 1.84 bits per heavy atom. The summed E-state index contributed by atoms with van der Waals surface area (Å²) in [5.41, 5.74) is -0.261. The van der Waals surface area contributed by atoms with Crippen molar-refractivity contribution in [2.45, 2.75) is 70.9 Å². The molecule has 0 amide bonds. The highest BCUT2D eigenvalue weighted by molar-refractivity contribution is 6.74. The van der Waals surface area contributed by atoms with Gasteiger partial charge in [-0.15, -0.1) is 6.58 Å². The summed E-state index contributed by atoms with van der Waals surface area (Å²) in [4.78, 5) is 0. The van der Waals surface area contributed by atoms with Crippen LogP contribution in [0.4, 0.5) is 0 Å². The van der Waals surface area contributed by atoms with Gasteiger partial charge in [-0.25, -0.2) is 0 Å². The summed E-state index contributed by atoms with van der Waals surface area (Å²) in [6, 6.07) is 0.418. The minimum atomic E-state index is -1.69. The van der Waals surface area contributed by atoms with E-state index in [9.17, 15) is 5.11 Å². The number of aliphatic hydroxyl groups is 1. The van der Waals surface area contributed by atoms with E-state index in [0.29, 0.717) is 6.61 Å². The first kappa shape index (κ1) is 16.9. The molecule has 0 bridgehead atoms. The molecule has 0 aromatic rings. The molecule has 4 heteroatoms. The fraction of sp³-hybridized carbons (Fsp3) is 0.867. The van der Waals surface area contributed by atoms with Crippen LogP contribution in [0.2, 0.25) is 18.1 Å². The average molecular weight is 286 g/mol. The molecule has 0 aromatic heterocycles. The Kier molecular flexibility index (Phi) is 4.73. The summed E-state index contributed by atoms with van der Waals surface area (Å²) in [5.74, 6) is 0. The van der Waals surface area contributed by atoms with Gasteiger partial charge in [0.25, 0.3) is 0 Å². The molecule has 0 aromatic carbocycles. The largest absolute Gasteiger partial charge is 0.415 e. The number of hydrogen-bond donors (Lipinski definition) is 2. The van der Waals surface area contributed by atoms with E-state index in [1.165, 1.54) is 0 Å². The quantitative estimate of drug-likeness (QED) is 0.448. The van der Waals surface area contributed by atoms with Crippen LogP contribution in [0.1, 0.15) is 34.6 Å². The zero-order valence-corrected chi connectivity index (χ0v) is 14.6. The molecule has 1 fully saturated rings. The lowest BCUT2D eigenvalue weighted by atomic mass is 9.84. The molecule has 0 unspecified atom stereocenters. The van der Waals surface area contributed by atoms with E-state index in [1.54, 1.807) is 0 Å². The summed E-state index contributed by atoms with van der Waals surface area (Å²) < 4.78 is 6.18. The highest BCUT2D eigenvalue weighted by Gasteiger charge is 2.48. The number of aliphatic hydroxyl groups excluding tert-OH is 1. The standard InChI is InChI=1S/C15H31NO2Si/c1-9-15(5,6)13(17)12-11(16-12)10-18-19(7,8)14(2,3)4/h9,11-13,16-17H,1,10H2,2-8H3/t11-,12+,13-/m1/s1. The Hall–Kier alpha value is -0.163. The van der Waals surface area contributed by atoms with Gasteiger partial charge >= 0.3 is 0 Å². The molecule has 0 spiro atoms. The highest BCUT2D eigenvalue weighted by atomic mass is 28.4. The minimum Gasteiger partial charge on any atom is -0.415 e. The first-order valence-electron chi connectivity index (χ1n) is 7.14. The van der Waals surface area contributed by atoms with Crippen LogP contribution in [0, 0.1) is 5.41 Å². The molecule has 3 nitrogen and oxygen atoms in total. The molecule has 1 aliphatic rings. The van der Waals surface area contributed by atoms with Crippen LogP contribution in [-0.2, 0) is 4.43 Å². The van der Waals surface area contributed by atoms with Gasteiger partial charge in [0.05, 0.1) is 18.8 Å². The molecule has 3 atom stereocenters. The number of rotatable bonds is 6. The van der Waals surface area contributed by atoms with Crippen LogP contribution < -0.4 is 5.32 Å². The third-order valence-corrected chi connectivity index (χ3v) is 9.29. The Bertz CT molecular complexity index is 334. The van der Waals surface area contributed by atoms with E-state index in [4.69, 9.17) is 4.43 Å². The molecule has 0 saturated carbocycles. The minimum absolute atomic E-state index is 0.137. The fourth-order valence-electron chi connectivity index (χ4n) is 1.75. The molecular weight excluding hydrogens is 254 g/mol. The van der Waals surface area contributed by atoms with Crippen molar-refractivity contribution < 1.29 is 9.53 Å². The Labute approximate surface area is 119 Å². The third kappa shape index (κ3) is 3.91. The Morgan fingerprint density at radius 3 is 2.26 bits per heavy atom. The van der Waals surface area contributed by atoms with Crippen LogP contribution in [0.3, 0.4) is 0 Å². The molecule has 19 heavy (non-hydrogen) atoms. The van der Waals surface area contributed by atoms with Gasteiger partial charge in [-0.3, -0.25) is 0 Å². The lowest BCUT2D eigenvalue weighted by molar-refractivity contribution is 0.0772. The predicted molar refractivity (Wildman–Crippen MR) is 83.8 cm³/mol. The molecule has 1 rings (SSSR count). The Morgan fingerprint density at radius 1 is 1.32 bits per heavy atom. The van der Waals surface area contributed by atoms with Crippen molar-refractivity contribution in [1.82, 2.24) is 5.32 Å². The van der Waals surface area contributed by atoms with E-state index in [1.807, 2.05) is 19.9 Å². The van der Waals surface area contributed by atoms with Crippen LogP contribution in [0.15, 0.2) is 12.7 Å². The Balaban J connectivity index is 2.46. The van der Waals surface area contributed by atoms with Crippen LogP contribution >= 0.6 is 0 Å². The summed E-state index contributed by atoms with van der Waals surface area (Å²) in [7, 11) is -1.69. The summed E-state index contributed by atoms with van der Waals surface area (Å²) in [6.07, 6.45) is 1.42. The van der Waals surface area contributed by atoms with Gasteiger partial charge in [0.2, 0.25) is 0 Å². The second kappa shape index (κ2) is 5.32. The van der Waals surface area contributed by atoms with Crippen molar-refractivity contribution in [3.63, 3.8) is 0 Å². The number of nitrogens with one attached hydrogen (secondary N) is 1. The van der Waals surface area contributed by atoms with Gasteiger partial charge in [-0.2, -0.15) is 0 Å². The van der Waals surface area contributed by atoms with Crippen LogP contribution in [-0.4, -0.2) is 38.2 Å². The van der Waals surface area contributed by atoms with E-state index < -0.39 is 14.4 Å². The lowest BCUT2D eigenvalue weighted by Crippen LogP contribution is -2.42. The summed E-state index contributed by atoms with van der Waals surface area (Å²) in [6.45, 7) is 19.8. The van der Waals surface area contributed by atoms with Gasteiger partial charge < -0.3 is 14.8 Å². The maximum atomic E-state index is 10.3. The first-order valence-corrected chi connectivity index (χ1v) is 10.0. The SMILES string of the molecule is C=CC(C)(C)[C@H](O)[C@H]1N[C@@H]1CO[Si](C)(C)C(C)(C)C. The molecular formula is C15H31NO2Si. The van der Waals surface area contributed by atoms with Crippen molar-refractivity contribution in [1.29, 1.82) is 0 Å². The molecule has 112 valence electrons. The third-order valence-electron chi connectivity index (χ3n) is 4.79. The van der Waals surface area contributed by atoms with Crippen molar-refractivity contribution in [2.24, 2.45) is 5.41 Å². The van der Waals surface area contributed by atoms with Gasteiger partial charge in [0.1, 0.15) is 0 Å². The maximum Gasteiger partial charge on any atom is 0.192 e. The molecule has 1 aliphatic heterocycles. The average Bonchev–Trinajstić information content (AvgIpc) is 3.03. The van der Waals surface area contributed by atoms with Gasteiger partial charge in [-0.1, -0.05) is 40.7 Å².